The first-order valence-corrected chi connectivity index (χ1v) is 13.7. The maximum absolute atomic E-state index is 10.7. The van der Waals surface area contributed by atoms with Crippen molar-refractivity contribution in [3.63, 3.8) is 0 Å². The third-order valence-electron chi connectivity index (χ3n) is 7.41. The van der Waals surface area contributed by atoms with Gasteiger partial charge in [0.05, 0.1) is 51.4 Å². The normalized spacial score (nSPS) is 22.0. The van der Waals surface area contributed by atoms with Crippen LogP contribution in [0.5, 0.6) is 0 Å². The molecule has 5 aromatic rings. The van der Waals surface area contributed by atoms with Crippen LogP contribution in [-0.2, 0) is 7.05 Å². The van der Waals surface area contributed by atoms with Crippen molar-refractivity contribution in [2.75, 3.05) is 17.2 Å². The maximum Gasteiger partial charge on any atom is 0.225 e. The van der Waals surface area contributed by atoms with Crippen LogP contribution in [0, 0.1) is 12.8 Å². The van der Waals surface area contributed by atoms with Gasteiger partial charge in [0.15, 0.2) is 0 Å². The summed E-state index contributed by atoms with van der Waals surface area (Å²) in [4.78, 5) is 23.3. The SMILES string of the molecule is Cc1nc(N[C@H](C)c2nc3ccccc3n2C)nc(N[C@@H]2C[C@H](CO)[C@@H](O)[C@H]2O)c1-c1nc2cnccc2s1. The Morgan fingerprint density at radius 1 is 1.08 bits per heavy atom. The number of aryl methyl sites for hydroxylation is 2. The Morgan fingerprint density at radius 3 is 2.64 bits per heavy atom. The molecule has 1 saturated carbocycles. The van der Waals surface area contributed by atoms with Crippen LogP contribution in [0.1, 0.15) is 30.9 Å². The number of hydrogen-bond donors (Lipinski definition) is 5. The van der Waals surface area contributed by atoms with Gasteiger partial charge in [-0.15, -0.1) is 11.3 Å². The molecule has 1 aliphatic rings. The van der Waals surface area contributed by atoms with Crippen LogP contribution in [0.3, 0.4) is 0 Å². The molecule has 0 bridgehead atoms. The van der Waals surface area contributed by atoms with Gasteiger partial charge in [-0.1, -0.05) is 12.1 Å². The number of hydrogen-bond acceptors (Lipinski definition) is 11. The third kappa shape index (κ3) is 4.59. The number of aliphatic hydroxyl groups is 3. The highest BCUT2D eigenvalue weighted by atomic mass is 32.1. The molecule has 0 unspecified atom stereocenters. The molecule has 4 aromatic heterocycles. The second-order valence-electron chi connectivity index (χ2n) is 10.0. The molecule has 5 N–H and O–H groups in total. The highest BCUT2D eigenvalue weighted by molar-refractivity contribution is 7.21. The summed E-state index contributed by atoms with van der Waals surface area (Å²) in [5.74, 6) is 1.30. The zero-order chi connectivity index (χ0) is 27.3. The van der Waals surface area contributed by atoms with E-state index in [0.717, 1.165) is 32.1 Å². The highest BCUT2D eigenvalue weighted by Gasteiger charge is 2.41. The largest absolute Gasteiger partial charge is 0.396 e. The molecule has 202 valence electrons. The van der Waals surface area contributed by atoms with Gasteiger partial charge in [-0.25, -0.2) is 15.0 Å². The molecule has 0 aliphatic heterocycles. The Hall–Kier alpha value is -3.71. The Kier molecular flexibility index (Phi) is 6.63. The average molecular weight is 547 g/mol. The van der Waals surface area contributed by atoms with Crippen LogP contribution in [-0.4, -0.2) is 69.7 Å². The van der Waals surface area contributed by atoms with Crippen LogP contribution in [0.2, 0.25) is 0 Å². The van der Waals surface area contributed by atoms with Crippen molar-refractivity contribution in [1.82, 2.24) is 29.5 Å². The number of rotatable bonds is 7. The lowest BCUT2D eigenvalue weighted by Gasteiger charge is -2.22. The number of aromatic nitrogens is 6. The predicted octanol–water partition coefficient (Wildman–Crippen LogP) is 3.03. The standard InChI is InChI=1S/C27H30N8O3S/c1-13-21(26-33-18-11-28-9-8-20(18)39-26)24(31-17-10-15(12-36)22(37)23(17)38)34-27(29-13)30-14(2)25-32-16-6-4-5-7-19(16)35(25)3/h4-9,11,14-15,17,22-23,36-38H,10,12H2,1-3H3,(H2,29,30,31,34)/t14-,15-,17-,22-,23+/m1/s1. The summed E-state index contributed by atoms with van der Waals surface area (Å²) in [5, 5.41) is 38.2. The monoisotopic (exact) mass is 546 g/mol. The number of anilines is 2. The number of pyridine rings is 1. The minimum atomic E-state index is -1.06. The molecule has 12 heteroatoms. The number of fused-ring (bicyclic) bond motifs is 2. The first-order valence-electron chi connectivity index (χ1n) is 12.8. The summed E-state index contributed by atoms with van der Waals surface area (Å²) in [7, 11) is 1.98. The Balaban J connectivity index is 1.38. The number of aliphatic hydroxyl groups excluding tert-OH is 3. The van der Waals surface area contributed by atoms with Crippen LogP contribution >= 0.6 is 11.3 Å². The fraction of sp³-hybridized carbons (Fsp3) is 0.370. The summed E-state index contributed by atoms with van der Waals surface area (Å²) in [6.45, 7) is 3.69. The molecule has 1 aromatic carbocycles. The lowest BCUT2D eigenvalue weighted by atomic mass is 10.1. The molecule has 1 aliphatic carbocycles. The average Bonchev–Trinajstić information content (AvgIpc) is 3.58. The molecule has 1 fully saturated rings. The Bertz CT molecular complexity index is 1620. The van der Waals surface area contributed by atoms with Gasteiger partial charge < -0.3 is 30.5 Å². The van der Waals surface area contributed by atoms with Crippen molar-refractivity contribution in [2.45, 2.75) is 44.6 Å². The zero-order valence-corrected chi connectivity index (χ0v) is 22.6. The van der Waals surface area contributed by atoms with Crippen molar-refractivity contribution < 1.29 is 15.3 Å². The predicted molar refractivity (Wildman–Crippen MR) is 151 cm³/mol. The fourth-order valence-corrected chi connectivity index (χ4v) is 6.35. The number of thiazole rings is 1. The number of benzene rings is 1. The van der Waals surface area contributed by atoms with E-state index in [1.807, 2.05) is 55.8 Å². The van der Waals surface area contributed by atoms with Crippen molar-refractivity contribution in [3.05, 3.63) is 54.2 Å². The molecule has 0 amide bonds. The molecule has 4 heterocycles. The highest BCUT2D eigenvalue weighted by Crippen LogP contribution is 2.38. The number of para-hydroxylation sites is 2. The number of imidazole rings is 1. The lowest BCUT2D eigenvalue weighted by molar-refractivity contribution is 0.00446. The van der Waals surface area contributed by atoms with Gasteiger partial charge in [-0.2, -0.15) is 4.98 Å². The first kappa shape index (κ1) is 25.6. The molecule has 11 nitrogen and oxygen atoms in total. The van der Waals surface area contributed by atoms with Gasteiger partial charge in [-0.3, -0.25) is 4.98 Å². The van der Waals surface area contributed by atoms with Gasteiger partial charge in [0.1, 0.15) is 28.3 Å². The smallest absolute Gasteiger partial charge is 0.225 e. The summed E-state index contributed by atoms with van der Waals surface area (Å²) in [6.07, 6.45) is 1.76. The fourth-order valence-electron chi connectivity index (χ4n) is 5.32. The molecular formula is C27H30N8O3S. The maximum atomic E-state index is 10.7. The molecule has 6 rings (SSSR count). The van der Waals surface area contributed by atoms with Gasteiger partial charge in [0.2, 0.25) is 5.95 Å². The van der Waals surface area contributed by atoms with Gasteiger partial charge >= 0.3 is 0 Å². The first-order chi connectivity index (χ1) is 18.8. The molecular weight excluding hydrogens is 516 g/mol. The van der Waals surface area contributed by atoms with Crippen molar-refractivity contribution in [1.29, 1.82) is 0 Å². The minimum Gasteiger partial charge on any atom is -0.396 e. The third-order valence-corrected chi connectivity index (χ3v) is 8.46. The van der Waals surface area contributed by atoms with E-state index in [9.17, 15) is 15.3 Å². The topological polar surface area (TPSA) is 154 Å². The summed E-state index contributed by atoms with van der Waals surface area (Å²) in [6, 6.07) is 9.18. The molecule has 39 heavy (non-hydrogen) atoms. The number of nitrogens with zero attached hydrogens (tertiary/aromatic N) is 6. The van der Waals surface area contributed by atoms with E-state index in [0.29, 0.717) is 29.4 Å². The van der Waals surface area contributed by atoms with E-state index in [-0.39, 0.29) is 12.6 Å². The van der Waals surface area contributed by atoms with E-state index in [1.54, 1.807) is 12.4 Å². The van der Waals surface area contributed by atoms with Crippen molar-refractivity contribution in [2.24, 2.45) is 13.0 Å². The lowest BCUT2D eigenvalue weighted by Crippen LogP contribution is -2.35. The Morgan fingerprint density at radius 2 is 1.90 bits per heavy atom. The molecule has 0 saturated heterocycles. The van der Waals surface area contributed by atoms with Crippen LogP contribution in [0.15, 0.2) is 42.7 Å². The second-order valence-corrected chi connectivity index (χ2v) is 11.0. The van der Waals surface area contributed by atoms with E-state index in [2.05, 4.69) is 15.6 Å². The summed E-state index contributed by atoms with van der Waals surface area (Å²) >= 11 is 1.51. The van der Waals surface area contributed by atoms with Crippen LogP contribution in [0.25, 0.3) is 31.8 Å². The quantitative estimate of drug-likeness (QED) is 0.206. The van der Waals surface area contributed by atoms with E-state index < -0.39 is 24.2 Å². The molecule has 0 radical (unpaired) electrons. The number of nitrogens with one attached hydrogen (secondary N) is 2. The van der Waals surface area contributed by atoms with Gasteiger partial charge in [0, 0.05) is 25.8 Å². The van der Waals surface area contributed by atoms with E-state index in [1.165, 1.54) is 11.3 Å². The second kappa shape index (κ2) is 10.1. The Labute approximate surface area is 228 Å². The zero-order valence-electron chi connectivity index (χ0n) is 21.8. The summed E-state index contributed by atoms with van der Waals surface area (Å²) < 4.78 is 3.04. The minimum absolute atomic E-state index is 0.202. The van der Waals surface area contributed by atoms with Crippen molar-refractivity contribution >= 4 is 44.4 Å². The summed E-state index contributed by atoms with van der Waals surface area (Å²) in [5.41, 5.74) is 4.14. The molecule has 5 atom stereocenters. The van der Waals surface area contributed by atoms with Crippen molar-refractivity contribution in [3.8, 4) is 10.6 Å². The van der Waals surface area contributed by atoms with Crippen LogP contribution in [0.4, 0.5) is 11.8 Å². The van der Waals surface area contributed by atoms with Crippen LogP contribution < -0.4 is 10.6 Å². The van der Waals surface area contributed by atoms with E-state index >= 15 is 0 Å². The molecule has 0 spiro atoms. The van der Waals surface area contributed by atoms with Gasteiger partial charge in [-0.05, 0) is 38.5 Å². The van der Waals surface area contributed by atoms with E-state index in [4.69, 9.17) is 19.9 Å². The van der Waals surface area contributed by atoms with Gasteiger partial charge in [0.25, 0.3) is 0 Å².